The molecule has 0 saturated heterocycles. The molecule has 0 aliphatic carbocycles. The van der Waals surface area contributed by atoms with E-state index >= 15 is 0 Å². The quantitative estimate of drug-likeness (QED) is 0.846. The lowest BCUT2D eigenvalue weighted by molar-refractivity contribution is -0.117. The van der Waals surface area contributed by atoms with Crippen LogP contribution in [0, 0.1) is 5.82 Å². The fourth-order valence-electron chi connectivity index (χ4n) is 1.38. The summed E-state index contributed by atoms with van der Waals surface area (Å²) in [5, 5.41) is 2.75. The minimum Gasteiger partial charge on any atom is -0.491 e. The third-order valence-electron chi connectivity index (χ3n) is 2.30. The molecule has 94 valence electrons. The number of hydrogen-bond acceptors (Lipinski definition) is 3. The van der Waals surface area contributed by atoms with Crippen molar-refractivity contribution in [1.29, 1.82) is 0 Å². The van der Waals surface area contributed by atoms with Crippen LogP contribution in [0.2, 0.25) is 0 Å². The van der Waals surface area contributed by atoms with Crippen molar-refractivity contribution in [2.45, 2.75) is 6.92 Å². The summed E-state index contributed by atoms with van der Waals surface area (Å²) >= 11 is 0. The zero-order valence-corrected chi connectivity index (χ0v) is 10.3. The van der Waals surface area contributed by atoms with Crippen molar-refractivity contribution in [3.8, 4) is 5.75 Å². The summed E-state index contributed by atoms with van der Waals surface area (Å²) in [5.74, 6) is -0.393. The van der Waals surface area contributed by atoms with Gasteiger partial charge in [0.2, 0.25) is 5.91 Å². The van der Waals surface area contributed by atoms with Gasteiger partial charge in [-0.25, -0.2) is 4.39 Å². The Morgan fingerprint density at radius 2 is 2.24 bits per heavy atom. The minimum atomic E-state index is -0.464. The van der Waals surface area contributed by atoms with Crippen molar-refractivity contribution < 1.29 is 13.9 Å². The summed E-state index contributed by atoms with van der Waals surface area (Å²) in [6.45, 7) is 2.41. The van der Waals surface area contributed by atoms with Crippen molar-refractivity contribution in [3.63, 3.8) is 0 Å². The van der Waals surface area contributed by atoms with E-state index in [1.54, 1.807) is 27.1 Å². The number of anilines is 1. The van der Waals surface area contributed by atoms with Gasteiger partial charge in [-0.15, -0.1) is 0 Å². The molecule has 1 aromatic carbocycles. The topological polar surface area (TPSA) is 41.6 Å². The predicted octanol–water partition coefficient (Wildman–Crippen LogP) is 1.41. The van der Waals surface area contributed by atoms with Gasteiger partial charge in [0.15, 0.2) is 11.6 Å². The fraction of sp³-hybridized carbons (Fsp3) is 0.417. The summed E-state index contributed by atoms with van der Waals surface area (Å²) in [4.78, 5) is 13.0. The summed E-state index contributed by atoms with van der Waals surface area (Å²) in [7, 11) is 3.29. The first-order valence-corrected chi connectivity index (χ1v) is 5.43. The Balaban J connectivity index is 2.85. The van der Waals surface area contributed by atoms with Gasteiger partial charge in [-0.1, -0.05) is 0 Å². The Morgan fingerprint density at radius 3 is 2.76 bits per heavy atom. The number of ether oxygens (including phenoxy) is 1. The van der Waals surface area contributed by atoms with Gasteiger partial charge in [0.25, 0.3) is 0 Å². The lowest BCUT2D eigenvalue weighted by Gasteiger charge is -2.17. The lowest BCUT2D eigenvalue weighted by atomic mass is 10.2. The third kappa shape index (κ3) is 3.42. The standard InChI is InChI=1S/C12H17FN2O2/c1-4-17-11-6-5-9(7-10(11)13)15(3)12(16)8-14-2/h5-7,14H,4,8H2,1-3H3. The predicted molar refractivity (Wildman–Crippen MR) is 64.9 cm³/mol. The molecule has 0 bridgehead atoms. The van der Waals surface area contributed by atoms with Crippen molar-refractivity contribution in [3.05, 3.63) is 24.0 Å². The molecule has 17 heavy (non-hydrogen) atoms. The van der Waals surface area contributed by atoms with E-state index in [2.05, 4.69) is 5.32 Å². The van der Waals surface area contributed by atoms with Gasteiger partial charge in [-0.3, -0.25) is 4.79 Å². The van der Waals surface area contributed by atoms with Crippen molar-refractivity contribution >= 4 is 11.6 Å². The molecule has 1 rings (SSSR count). The van der Waals surface area contributed by atoms with Crippen LogP contribution >= 0.6 is 0 Å². The SMILES string of the molecule is CCOc1ccc(N(C)C(=O)CNC)cc1F. The number of nitrogens with zero attached hydrogens (tertiary/aromatic N) is 1. The van der Waals surface area contributed by atoms with Crippen molar-refractivity contribution in [1.82, 2.24) is 5.32 Å². The Bertz CT molecular complexity index is 396. The average molecular weight is 240 g/mol. The first-order valence-electron chi connectivity index (χ1n) is 5.43. The number of rotatable bonds is 5. The molecule has 4 nitrogen and oxygen atoms in total. The van der Waals surface area contributed by atoms with Crippen LogP contribution in [0.15, 0.2) is 18.2 Å². The molecular weight excluding hydrogens is 223 g/mol. The molecule has 0 atom stereocenters. The molecule has 1 N–H and O–H groups in total. The van der Waals surface area contributed by atoms with Crippen LogP contribution in [-0.2, 0) is 4.79 Å². The molecule has 0 heterocycles. The molecule has 0 aromatic heterocycles. The van der Waals surface area contributed by atoms with Gasteiger partial charge >= 0.3 is 0 Å². The molecule has 0 fully saturated rings. The fourth-order valence-corrected chi connectivity index (χ4v) is 1.38. The van der Waals surface area contributed by atoms with Gasteiger partial charge in [0.05, 0.1) is 13.2 Å². The second kappa shape index (κ2) is 6.20. The second-order valence-electron chi connectivity index (χ2n) is 3.53. The maximum absolute atomic E-state index is 13.6. The molecule has 0 radical (unpaired) electrons. The van der Waals surface area contributed by atoms with E-state index in [4.69, 9.17) is 4.74 Å². The number of halogens is 1. The first-order chi connectivity index (χ1) is 8.10. The van der Waals surface area contributed by atoms with Crippen LogP contribution < -0.4 is 15.0 Å². The number of carbonyl (C=O) groups excluding carboxylic acids is 1. The molecule has 0 spiro atoms. The molecule has 1 aromatic rings. The Kier molecular flexibility index (Phi) is 4.90. The number of nitrogens with one attached hydrogen (secondary N) is 1. The maximum Gasteiger partial charge on any atom is 0.240 e. The van der Waals surface area contributed by atoms with Crippen molar-refractivity contribution in [2.24, 2.45) is 0 Å². The number of likely N-dealkylation sites (N-methyl/N-ethyl adjacent to an activating group) is 2. The first kappa shape index (κ1) is 13.4. The Morgan fingerprint density at radius 1 is 1.53 bits per heavy atom. The van der Waals surface area contributed by atoms with E-state index in [1.807, 2.05) is 0 Å². The zero-order valence-electron chi connectivity index (χ0n) is 10.3. The average Bonchev–Trinajstić information content (AvgIpc) is 2.31. The molecule has 0 unspecified atom stereocenters. The van der Waals surface area contributed by atoms with Gasteiger partial charge in [0.1, 0.15) is 0 Å². The number of carbonyl (C=O) groups is 1. The van der Waals surface area contributed by atoms with Crippen LogP contribution in [0.3, 0.4) is 0 Å². The number of hydrogen-bond donors (Lipinski definition) is 1. The highest BCUT2D eigenvalue weighted by molar-refractivity contribution is 5.94. The molecule has 0 aliphatic heterocycles. The number of amides is 1. The summed E-state index contributed by atoms with van der Waals surface area (Å²) in [6.07, 6.45) is 0. The van der Waals surface area contributed by atoms with Gasteiger partial charge in [-0.2, -0.15) is 0 Å². The van der Waals surface area contributed by atoms with Crippen LogP contribution in [0.5, 0.6) is 5.75 Å². The lowest BCUT2D eigenvalue weighted by Crippen LogP contribution is -2.34. The second-order valence-corrected chi connectivity index (χ2v) is 3.53. The molecule has 1 amide bonds. The van der Waals surface area contributed by atoms with E-state index in [1.165, 1.54) is 17.0 Å². The highest BCUT2D eigenvalue weighted by atomic mass is 19.1. The molecule has 5 heteroatoms. The van der Waals surface area contributed by atoms with Gasteiger partial charge < -0.3 is 15.0 Å². The summed E-state index contributed by atoms with van der Waals surface area (Å²) < 4.78 is 18.7. The van der Waals surface area contributed by atoms with Crippen LogP contribution in [0.4, 0.5) is 10.1 Å². The van der Waals surface area contributed by atoms with E-state index in [9.17, 15) is 9.18 Å². The van der Waals surface area contributed by atoms with Gasteiger partial charge in [-0.05, 0) is 26.1 Å². The minimum absolute atomic E-state index is 0.129. The summed E-state index contributed by atoms with van der Waals surface area (Å²) in [5.41, 5.74) is 0.506. The van der Waals surface area contributed by atoms with Crippen molar-refractivity contribution in [2.75, 3.05) is 32.1 Å². The normalized spacial score (nSPS) is 10.1. The largest absolute Gasteiger partial charge is 0.491 e. The highest BCUT2D eigenvalue weighted by Crippen LogP contribution is 2.23. The molecular formula is C12H17FN2O2. The van der Waals surface area contributed by atoms with Crippen LogP contribution in [0.25, 0.3) is 0 Å². The molecule has 0 saturated carbocycles. The maximum atomic E-state index is 13.6. The number of benzene rings is 1. The van der Waals surface area contributed by atoms with E-state index in [0.29, 0.717) is 12.3 Å². The van der Waals surface area contributed by atoms with E-state index in [0.717, 1.165) is 0 Å². The summed E-state index contributed by atoms with van der Waals surface area (Å²) in [6, 6.07) is 4.47. The molecule has 0 aliphatic rings. The Hall–Kier alpha value is -1.62. The zero-order chi connectivity index (χ0) is 12.8. The van der Waals surface area contributed by atoms with E-state index in [-0.39, 0.29) is 18.2 Å². The smallest absolute Gasteiger partial charge is 0.240 e. The highest BCUT2D eigenvalue weighted by Gasteiger charge is 2.12. The third-order valence-corrected chi connectivity index (χ3v) is 2.30. The van der Waals surface area contributed by atoms with Crippen LogP contribution in [0.1, 0.15) is 6.92 Å². The van der Waals surface area contributed by atoms with Gasteiger partial charge in [0, 0.05) is 18.8 Å². The monoisotopic (exact) mass is 240 g/mol. The van der Waals surface area contributed by atoms with E-state index < -0.39 is 5.82 Å². The Labute approximate surface area is 100 Å². The van der Waals surface area contributed by atoms with Crippen LogP contribution in [-0.4, -0.2) is 33.2 Å².